The lowest BCUT2D eigenvalue weighted by Gasteiger charge is -2.15. The van der Waals surface area contributed by atoms with Gasteiger partial charge in [0, 0.05) is 6.07 Å². The number of alkyl halides is 3. The Morgan fingerprint density at radius 1 is 1.33 bits per heavy atom. The van der Waals surface area contributed by atoms with E-state index in [9.17, 15) is 26.7 Å². The molecule has 0 bridgehead atoms. The molecule has 2 aromatic rings. The normalized spacial score (nSPS) is 13.0. The lowest BCUT2D eigenvalue weighted by Crippen LogP contribution is -2.26. The largest absolute Gasteiger partial charge is 0.436 e. The Morgan fingerprint density at radius 3 is 2.46 bits per heavy atom. The number of anilines is 1. The Hall–Kier alpha value is -2.16. The predicted octanol–water partition coefficient (Wildman–Crippen LogP) is 4.34. The molecule has 0 aliphatic rings. The zero-order chi connectivity index (χ0) is 18.2. The van der Waals surface area contributed by atoms with E-state index in [1.807, 2.05) is 0 Å². The Bertz CT molecular complexity index is 787. The first kappa shape index (κ1) is 18.2. The van der Waals surface area contributed by atoms with Gasteiger partial charge in [-0.3, -0.25) is 9.48 Å². The first-order valence-electron chi connectivity index (χ1n) is 6.60. The van der Waals surface area contributed by atoms with Crippen molar-refractivity contribution < 1.29 is 26.7 Å². The maximum atomic E-state index is 13.5. The van der Waals surface area contributed by atoms with Gasteiger partial charge >= 0.3 is 6.18 Å². The van der Waals surface area contributed by atoms with E-state index in [0.717, 1.165) is 16.8 Å². The second-order valence-electron chi connectivity index (χ2n) is 4.98. The maximum Gasteiger partial charge on any atom is 0.436 e. The van der Waals surface area contributed by atoms with E-state index in [-0.39, 0.29) is 11.4 Å². The van der Waals surface area contributed by atoms with Crippen LogP contribution in [0.2, 0.25) is 5.02 Å². The Morgan fingerprint density at radius 2 is 1.96 bits per heavy atom. The van der Waals surface area contributed by atoms with Crippen LogP contribution in [0.15, 0.2) is 18.2 Å². The molecule has 1 N–H and O–H groups in total. The zero-order valence-corrected chi connectivity index (χ0v) is 13.1. The van der Waals surface area contributed by atoms with E-state index in [1.54, 1.807) is 0 Å². The van der Waals surface area contributed by atoms with Gasteiger partial charge in [0.25, 0.3) is 0 Å². The SMILES string of the molecule is Cc1c(Cl)c(C(F)(F)F)nn1C(C)C(=O)Nc1ccc(F)cc1F. The van der Waals surface area contributed by atoms with Gasteiger partial charge < -0.3 is 5.32 Å². The Labute approximate surface area is 138 Å². The fourth-order valence-electron chi connectivity index (χ4n) is 2.00. The molecule has 130 valence electrons. The molecule has 0 aliphatic heterocycles. The topological polar surface area (TPSA) is 46.9 Å². The number of carbonyl (C=O) groups excluding carboxylic acids is 1. The van der Waals surface area contributed by atoms with Crippen LogP contribution in [0.4, 0.5) is 27.6 Å². The summed E-state index contributed by atoms with van der Waals surface area (Å²) >= 11 is 5.61. The minimum absolute atomic E-state index is 0.0637. The molecule has 1 unspecified atom stereocenters. The Kier molecular flexibility index (Phi) is 4.84. The van der Waals surface area contributed by atoms with Gasteiger partial charge in [-0.1, -0.05) is 11.6 Å². The number of hydrogen-bond acceptors (Lipinski definition) is 2. The maximum absolute atomic E-state index is 13.5. The molecule has 1 atom stereocenters. The van der Waals surface area contributed by atoms with Crippen molar-refractivity contribution >= 4 is 23.2 Å². The van der Waals surface area contributed by atoms with Gasteiger partial charge in [0.15, 0.2) is 5.69 Å². The smallest absolute Gasteiger partial charge is 0.322 e. The van der Waals surface area contributed by atoms with Crippen molar-refractivity contribution in [1.82, 2.24) is 9.78 Å². The highest BCUT2D eigenvalue weighted by molar-refractivity contribution is 6.32. The van der Waals surface area contributed by atoms with Gasteiger partial charge in [0.2, 0.25) is 5.91 Å². The molecule has 0 aliphatic carbocycles. The summed E-state index contributed by atoms with van der Waals surface area (Å²) in [6, 6.07) is 1.29. The van der Waals surface area contributed by atoms with Crippen LogP contribution in [0.3, 0.4) is 0 Å². The van der Waals surface area contributed by atoms with Gasteiger partial charge in [0.05, 0.1) is 16.4 Å². The third kappa shape index (κ3) is 3.50. The highest BCUT2D eigenvalue weighted by atomic mass is 35.5. The first-order chi connectivity index (χ1) is 11.0. The molecule has 2 rings (SSSR count). The fraction of sp³-hybridized carbons (Fsp3) is 0.286. The second-order valence-corrected chi connectivity index (χ2v) is 5.36. The van der Waals surface area contributed by atoms with Gasteiger partial charge in [-0.2, -0.15) is 18.3 Å². The summed E-state index contributed by atoms with van der Waals surface area (Å²) < 4.78 is 65.6. The molecule has 4 nitrogen and oxygen atoms in total. The number of nitrogens with one attached hydrogen (secondary N) is 1. The van der Waals surface area contributed by atoms with Crippen molar-refractivity contribution in [3.63, 3.8) is 0 Å². The number of rotatable bonds is 3. The number of halogens is 6. The van der Waals surface area contributed by atoms with Crippen molar-refractivity contribution in [2.24, 2.45) is 0 Å². The van der Waals surface area contributed by atoms with E-state index in [4.69, 9.17) is 11.6 Å². The van der Waals surface area contributed by atoms with E-state index in [2.05, 4.69) is 10.4 Å². The van der Waals surface area contributed by atoms with Crippen LogP contribution in [0.25, 0.3) is 0 Å². The van der Waals surface area contributed by atoms with Crippen LogP contribution >= 0.6 is 11.6 Å². The molecule has 10 heteroatoms. The minimum Gasteiger partial charge on any atom is -0.322 e. The lowest BCUT2D eigenvalue weighted by molar-refractivity contribution is -0.141. The standard InChI is InChI=1S/C14H11ClF5N3O/c1-6-11(15)12(14(18,19)20)22-23(6)7(2)13(24)21-10-4-3-8(16)5-9(10)17/h3-5,7H,1-2H3,(H,21,24). The van der Waals surface area contributed by atoms with Crippen LogP contribution in [-0.4, -0.2) is 15.7 Å². The molecule has 1 heterocycles. The fourth-order valence-corrected chi connectivity index (χ4v) is 2.23. The minimum atomic E-state index is -4.77. The molecular weight excluding hydrogens is 357 g/mol. The van der Waals surface area contributed by atoms with Crippen LogP contribution < -0.4 is 5.32 Å². The van der Waals surface area contributed by atoms with Gasteiger partial charge in [-0.05, 0) is 26.0 Å². The average Bonchev–Trinajstić information content (AvgIpc) is 2.77. The molecule has 0 radical (unpaired) electrons. The third-order valence-electron chi connectivity index (χ3n) is 3.28. The molecule has 0 saturated carbocycles. The predicted molar refractivity (Wildman–Crippen MR) is 76.7 cm³/mol. The number of carbonyl (C=O) groups is 1. The summed E-state index contributed by atoms with van der Waals surface area (Å²) in [5.41, 5.74) is -1.68. The van der Waals surface area contributed by atoms with E-state index >= 15 is 0 Å². The van der Waals surface area contributed by atoms with E-state index in [1.165, 1.54) is 13.8 Å². The molecule has 0 spiro atoms. The zero-order valence-electron chi connectivity index (χ0n) is 12.4. The molecule has 1 aromatic heterocycles. The average molecular weight is 368 g/mol. The number of aromatic nitrogens is 2. The number of hydrogen-bond donors (Lipinski definition) is 1. The number of benzene rings is 1. The quantitative estimate of drug-likeness (QED) is 0.820. The monoisotopic (exact) mass is 367 g/mol. The van der Waals surface area contributed by atoms with Crippen LogP contribution in [0, 0.1) is 18.6 Å². The lowest BCUT2D eigenvalue weighted by atomic mass is 10.2. The van der Waals surface area contributed by atoms with Crippen LogP contribution in [-0.2, 0) is 11.0 Å². The van der Waals surface area contributed by atoms with Gasteiger partial charge in [-0.25, -0.2) is 8.78 Å². The highest BCUT2D eigenvalue weighted by Crippen LogP contribution is 2.36. The van der Waals surface area contributed by atoms with Crippen molar-refractivity contribution in [2.75, 3.05) is 5.32 Å². The van der Waals surface area contributed by atoms with Crippen molar-refractivity contribution in [3.8, 4) is 0 Å². The number of nitrogens with zero attached hydrogens (tertiary/aromatic N) is 2. The number of amides is 1. The van der Waals surface area contributed by atoms with Crippen molar-refractivity contribution in [1.29, 1.82) is 0 Å². The van der Waals surface area contributed by atoms with E-state index in [0.29, 0.717) is 6.07 Å². The molecule has 1 amide bonds. The molecule has 0 saturated heterocycles. The molecular formula is C14H11ClF5N3O. The summed E-state index contributed by atoms with van der Waals surface area (Å²) in [6.45, 7) is 2.54. The van der Waals surface area contributed by atoms with E-state index < -0.39 is 40.5 Å². The van der Waals surface area contributed by atoms with Crippen molar-refractivity contribution in [2.45, 2.75) is 26.1 Å². The summed E-state index contributed by atoms with van der Waals surface area (Å²) in [6.07, 6.45) is -4.77. The van der Waals surface area contributed by atoms with Crippen LogP contribution in [0.5, 0.6) is 0 Å². The Balaban J connectivity index is 2.28. The second kappa shape index (κ2) is 6.39. The summed E-state index contributed by atoms with van der Waals surface area (Å²) in [4.78, 5) is 12.1. The molecule has 24 heavy (non-hydrogen) atoms. The van der Waals surface area contributed by atoms with Crippen molar-refractivity contribution in [3.05, 3.63) is 46.2 Å². The third-order valence-corrected chi connectivity index (χ3v) is 3.73. The first-order valence-corrected chi connectivity index (χ1v) is 6.98. The summed E-state index contributed by atoms with van der Waals surface area (Å²) in [5.74, 6) is -2.68. The summed E-state index contributed by atoms with van der Waals surface area (Å²) in [5, 5.41) is 4.87. The van der Waals surface area contributed by atoms with Crippen LogP contribution in [0.1, 0.15) is 24.4 Å². The van der Waals surface area contributed by atoms with Gasteiger partial charge in [-0.15, -0.1) is 0 Å². The molecule has 1 aromatic carbocycles. The summed E-state index contributed by atoms with van der Waals surface area (Å²) in [7, 11) is 0. The molecule has 0 fully saturated rings. The van der Waals surface area contributed by atoms with Gasteiger partial charge in [0.1, 0.15) is 17.7 Å². The highest BCUT2D eigenvalue weighted by Gasteiger charge is 2.39.